The minimum Gasteiger partial charge on any atom is -0.396 e. The SMILES string of the molecule is CCN(c1ccc(N)c(C#N)n1)c1ccccc1C. The van der Waals surface area contributed by atoms with Crippen LogP contribution in [-0.2, 0) is 0 Å². The highest BCUT2D eigenvalue weighted by Gasteiger charge is 2.12. The molecule has 0 unspecified atom stereocenters. The fourth-order valence-corrected chi connectivity index (χ4v) is 2.02. The van der Waals surface area contributed by atoms with E-state index in [1.54, 1.807) is 6.07 Å². The molecule has 1 aromatic carbocycles. The molecule has 0 saturated heterocycles. The third kappa shape index (κ3) is 2.50. The Morgan fingerprint density at radius 2 is 2.00 bits per heavy atom. The highest BCUT2D eigenvalue weighted by molar-refractivity contribution is 5.66. The molecule has 0 radical (unpaired) electrons. The summed E-state index contributed by atoms with van der Waals surface area (Å²) in [6.07, 6.45) is 0. The van der Waals surface area contributed by atoms with Crippen LogP contribution < -0.4 is 10.6 Å². The normalized spacial score (nSPS) is 9.95. The van der Waals surface area contributed by atoms with Crippen LogP contribution in [0.1, 0.15) is 18.2 Å². The monoisotopic (exact) mass is 252 g/mol. The molecule has 0 aliphatic heterocycles. The first-order valence-corrected chi connectivity index (χ1v) is 6.17. The summed E-state index contributed by atoms with van der Waals surface area (Å²) in [5.41, 5.74) is 8.64. The van der Waals surface area contributed by atoms with Gasteiger partial charge >= 0.3 is 0 Å². The Kier molecular flexibility index (Phi) is 3.67. The van der Waals surface area contributed by atoms with E-state index < -0.39 is 0 Å². The Morgan fingerprint density at radius 3 is 2.63 bits per heavy atom. The van der Waals surface area contributed by atoms with Crippen molar-refractivity contribution in [2.45, 2.75) is 13.8 Å². The van der Waals surface area contributed by atoms with Crippen molar-refractivity contribution in [2.24, 2.45) is 0 Å². The Balaban J connectivity index is 2.49. The summed E-state index contributed by atoms with van der Waals surface area (Å²) in [7, 11) is 0. The van der Waals surface area contributed by atoms with Gasteiger partial charge in [0.05, 0.1) is 5.69 Å². The van der Waals surface area contributed by atoms with E-state index >= 15 is 0 Å². The van der Waals surface area contributed by atoms with Crippen LogP contribution in [0.3, 0.4) is 0 Å². The molecule has 4 heteroatoms. The number of aryl methyl sites for hydroxylation is 1. The van der Waals surface area contributed by atoms with Crippen molar-refractivity contribution in [3.05, 3.63) is 47.7 Å². The van der Waals surface area contributed by atoms with Crippen LogP contribution in [0.5, 0.6) is 0 Å². The topological polar surface area (TPSA) is 65.9 Å². The number of para-hydroxylation sites is 1. The lowest BCUT2D eigenvalue weighted by molar-refractivity contribution is 0.980. The molecule has 0 spiro atoms. The lowest BCUT2D eigenvalue weighted by atomic mass is 10.1. The molecular weight excluding hydrogens is 236 g/mol. The number of benzene rings is 1. The highest BCUT2D eigenvalue weighted by atomic mass is 15.2. The number of nitrogen functional groups attached to an aromatic ring is 1. The molecule has 2 aromatic rings. The number of nitrogens with zero attached hydrogens (tertiary/aromatic N) is 3. The minimum absolute atomic E-state index is 0.268. The van der Waals surface area contributed by atoms with Gasteiger partial charge in [-0.2, -0.15) is 5.26 Å². The summed E-state index contributed by atoms with van der Waals surface area (Å²) < 4.78 is 0. The molecule has 0 amide bonds. The molecule has 0 bridgehead atoms. The summed E-state index contributed by atoms with van der Waals surface area (Å²) in [5, 5.41) is 9.01. The Hall–Kier alpha value is -2.54. The molecule has 19 heavy (non-hydrogen) atoms. The molecule has 4 nitrogen and oxygen atoms in total. The van der Waals surface area contributed by atoms with Gasteiger partial charge in [-0.1, -0.05) is 18.2 Å². The average Bonchev–Trinajstić information content (AvgIpc) is 2.43. The van der Waals surface area contributed by atoms with Gasteiger partial charge in [0.25, 0.3) is 0 Å². The second-order valence-corrected chi connectivity index (χ2v) is 4.25. The first-order chi connectivity index (χ1) is 9.17. The molecule has 1 heterocycles. The Bertz CT molecular complexity index is 628. The molecule has 0 atom stereocenters. The van der Waals surface area contributed by atoms with Crippen LogP contribution in [0, 0.1) is 18.3 Å². The van der Waals surface area contributed by atoms with E-state index in [1.807, 2.05) is 30.3 Å². The van der Waals surface area contributed by atoms with Crippen molar-refractivity contribution in [1.29, 1.82) is 5.26 Å². The molecule has 2 rings (SSSR count). The summed E-state index contributed by atoms with van der Waals surface area (Å²) in [6, 6.07) is 13.7. The number of hydrogen-bond acceptors (Lipinski definition) is 4. The highest BCUT2D eigenvalue weighted by Crippen LogP contribution is 2.27. The van der Waals surface area contributed by atoms with Crippen molar-refractivity contribution in [3.63, 3.8) is 0 Å². The summed E-state index contributed by atoms with van der Waals surface area (Å²) >= 11 is 0. The van der Waals surface area contributed by atoms with Gasteiger partial charge in [0.15, 0.2) is 5.69 Å². The number of hydrogen-bond donors (Lipinski definition) is 1. The van der Waals surface area contributed by atoms with E-state index in [0.29, 0.717) is 5.69 Å². The molecule has 2 N–H and O–H groups in total. The zero-order chi connectivity index (χ0) is 13.8. The van der Waals surface area contributed by atoms with Crippen LogP contribution in [0.15, 0.2) is 36.4 Å². The van der Waals surface area contributed by atoms with Gasteiger partial charge in [-0.15, -0.1) is 0 Å². The Morgan fingerprint density at radius 1 is 1.26 bits per heavy atom. The Labute approximate surface area is 113 Å². The maximum Gasteiger partial charge on any atom is 0.165 e. The van der Waals surface area contributed by atoms with E-state index in [2.05, 4.69) is 29.8 Å². The fourth-order valence-electron chi connectivity index (χ4n) is 2.02. The molecule has 0 fully saturated rings. The third-order valence-electron chi connectivity index (χ3n) is 3.02. The quantitative estimate of drug-likeness (QED) is 0.911. The number of pyridine rings is 1. The number of rotatable bonds is 3. The van der Waals surface area contributed by atoms with Gasteiger partial charge in [-0.05, 0) is 37.6 Å². The van der Waals surface area contributed by atoms with Crippen LogP contribution in [0.4, 0.5) is 17.2 Å². The predicted octanol–water partition coefficient (Wildman–Crippen LogP) is 3.00. The van der Waals surface area contributed by atoms with Crippen molar-refractivity contribution in [1.82, 2.24) is 4.98 Å². The van der Waals surface area contributed by atoms with E-state index in [0.717, 1.165) is 18.1 Å². The van der Waals surface area contributed by atoms with Crippen molar-refractivity contribution in [2.75, 3.05) is 17.2 Å². The maximum absolute atomic E-state index is 9.01. The number of nitrogens with two attached hydrogens (primary N) is 1. The molecular formula is C15H16N4. The average molecular weight is 252 g/mol. The predicted molar refractivity (Wildman–Crippen MR) is 77.2 cm³/mol. The van der Waals surface area contributed by atoms with Gasteiger partial charge in [-0.25, -0.2) is 4.98 Å². The summed E-state index contributed by atoms with van der Waals surface area (Å²) in [5.74, 6) is 0.738. The number of aromatic nitrogens is 1. The number of nitriles is 1. The van der Waals surface area contributed by atoms with Crippen molar-refractivity contribution >= 4 is 17.2 Å². The zero-order valence-electron chi connectivity index (χ0n) is 11.1. The van der Waals surface area contributed by atoms with Crippen LogP contribution in [0.2, 0.25) is 0 Å². The van der Waals surface area contributed by atoms with Crippen LogP contribution >= 0.6 is 0 Å². The summed E-state index contributed by atoms with van der Waals surface area (Å²) in [4.78, 5) is 6.38. The van der Waals surface area contributed by atoms with Gasteiger partial charge in [0.2, 0.25) is 0 Å². The molecule has 0 aliphatic carbocycles. The van der Waals surface area contributed by atoms with Crippen LogP contribution in [-0.4, -0.2) is 11.5 Å². The van der Waals surface area contributed by atoms with E-state index in [4.69, 9.17) is 11.0 Å². The van der Waals surface area contributed by atoms with E-state index in [-0.39, 0.29) is 5.69 Å². The number of anilines is 3. The lowest BCUT2D eigenvalue weighted by Crippen LogP contribution is -2.18. The zero-order valence-corrected chi connectivity index (χ0v) is 11.1. The van der Waals surface area contributed by atoms with E-state index in [1.165, 1.54) is 5.56 Å². The molecule has 0 aliphatic rings. The minimum atomic E-state index is 0.268. The third-order valence-corrected chi connectivity index (χ3v) is 3.02. The first kappa shape index (κ1) is 12.9. The lowest BCUT2D eigenvalue weighted by Gasteiger charge is -2.24. The second kappa shape index (κ2) is 5.40. The molecule has 1 aromatic heterocycles. The largest absolute Gasteiger partial charge is 0.396 e. The second-order valence-electron chi connectivity index (χ2n) is 4.25. The molecule has 0 saturated carbocycles. The van der Waals surface area contributed by atoms with E-state index in [9.17, 15) is 0 Å². The maximum atomic E-state index is 9.01. The van der Waals surface area contributed by atoms with Crippen molar-refractivity contribution in [3.8, 4) is 6.07 Å². The standard InChI is InChI=1S/C15H16N4/c1-3-19(14-7-5-4-6-11(14)2)15-9-8-12(17)13(10-16)18-15/h4-9H,3,17H2,1-2H3. The van der Waals surface area contributed by atoms with Gasteiger partial charge in [0.1, 0.15) is 11.9 Å². The fraction of sp³-hybridized carbons (Fsp3) is 0.200. The first-order valence-electron chi connectivity index (χ1n) is 6.17. The van der Waals surface area contributed by atoms with Gasteiger partial charge < -0.3 is 10.6 Å². The molecule has 96 valence electrons. The van der Waals surface area contributed by atoms with Crippen molar-refractivity contribution < 1.29 is 0 Å². The smallest absolute Gasteiger partial charge is 0.165 e. The summed E-state index contributed by atoms with van der Waals surface area (Å²) in [6.45, 7) is 4.88. The van der Waals surface area contributed by atoms with Gasteiger partial charge in [-0.3, -0.25) is 0 Å². The van der Waals surface area contributed by atoms with Crippen LogP contribution in [0.25, 0.3) is 0 Å². The van der Waals surface area contributed by atoms with Gasteiger partial charge in [0, 0.05) is 12.2 Å².